The molecule has 6 heteroatoms. The van der Waals surface area contributed by atoms with Crippen molar-refractivity contribution in [2.75, 3.05) is 0 Å². The van der Waals surface area contributed by atoms with E-state index in [9.17, 15) is 9.90 Å². The molecule has 0 amide bonds. The van der Waals surface area contributed by atoms with Crippen LogP contribution in [0.5, 0.6) is 0 Å². The molecule has 19 heavy (non-hydrogen) atoms. The minimum Gasteiger partial charge on any atom is -0.476 e. The number of carboxylic acid groups (broad SMARTS) is 1. The summed E-state index contributed by atoms with van der Waals surface area (Å²) in [7, 11) is 1.83. The van der Waals surface area contributed by atoms with Gasteiger partial charge in [0, 0.05) is 18.3 Å². The lowest BCUT2D eigenvalue weighted by Crippen LogP contribution is -2.14. The average Bonchev–Trinajstić information content (AvgIpc) is 2.92. The van der Waals surface area contributed by atoms with Gasteiger partial charge in [0.05, 0.1) is 12.4 Å². The maximum Gasteiger partial charge on any atom is 0.356 e. The molecule has 2 aromatic rings. The smallest absolute Gasteiger partial charge is 0.356 e. The lowest BCUT2D eigenvalue weighted by atomic mass is 9.87. The Morgan fingerprint density at radius 1 is 1.53 bits per heavy atom. The zero-order valence-corrected chi connectivity index (χ0v) is 11.0. The summed E-state index contributed by atoms with van der Waals surface area (Å²) in [4.78, 5) is 11.3. The van der Waals surface area contributed by atoms with Crippen molar-refractivity contribution in [2.45, 2.75) is 26.2 Å². The quantitative estimate of drug-likeness (QED) is 0.886. The lowest BCUT2D eigenvalue weighted by Gasteiger charge is -2.19. The molecule has 2 aromatic heterocycles. The highest BCUT2D eigenvalue weighted by Crippen LogP contribution is 2.29. The van der Waals surface area contributed by atoms with E-state index in [0.29, 0.717) is 5.92 Å². The lowest BCUT2D eigenvalue weighted by molar-refractivity contribution is 0.0688. The molecule has 1 atom stereocenters. The molecule has 6 nitrogen and oxygen atoms in total. The highest BCUT2D eigenvalue weighted by molar-refractivity contribution is 5.87. The van der Waals surface area contributed by atoms with Crippen LogP contribution in [0.25, 0.3) is 5.69 Å². The summed E-state index contributed by atoms with van der Waals surface area (Å²) in [6, 6.07) is 0. The molecule has 100 valence electrons. The fourth-order valence-electron chi connectivity index (χ4n) is 2.69. The van der Waals surface area contributed by atoms with Crippen LogP contribution in [0, 0.1) is 5.92 Å². The van der Waals surface area contributed by atoms with E-state index in [0.717, 1.165) is 36.2 Å². The first-order chi connectivity index (χ1) is 9.06. The first kappa shape index (κ1) is 12.0. The van der Waals surface area contributed by atoms with E-state index in [4.69, 9.17) is 0 Å². The van der Waals surface area contributed by atoms with Gasteiger partial charge in [0.25, 0.3) is 0 Å². The monoisotopic (exact) mass is 260 g/mol. The molecule has 0 saturated heterocycles. The normalized spacial score (nSPS) is 18.3. The van der Waals surface area contributed by atoms with E-state index in [1.54, 1.807) is 15.6 Å². The Hall–Kier alpha value is -2.11. The number of rotatable bonds is 2. The summed E-state index contributed by atoms with van der Waals surface area (Å²) in [5.41, 5.74) is 2.91. The molecule has 0 spiro atoms. The Morgan fingerprint density at radius 2 is 2.32 bits per heavy atom. The molecule has 0 saturated carbocycles. The van der Waals surface area contributed by atoms with Gasteiger partial charge in [-0.2, -0.15) is 10.2 Å². The van der Waals surface area contributed by atoms with Crippen LogP contribution in [0.15, 0.2) is 12.4 Å². The summed E-state index contributed by atoms with van der Waals surface area (Å²) < 4.78 is 3.42. The summed E-state index contributed by atoms with van der Waals surface area (Å²) in [5.74, 6) is -0.440. The van der Waals surface area contributed by atoms with Gasteiger partial charge in [0.15, 0.2) is 5.69 Å². The summed E-state index contributed by atoms with van der Waals surface area (Å²) in [5, 5.41) is 17.7. The fraction of sp³-hybridized carbons (Fsp3) is 0.462. The van der Waals surface area contributed by atoms with E-state index in [-0.39, 0.29) is 5.69 Å². The Bertz CT molecular complexity index is 641. The molecular weight excluding hydrogens is 244 g/mol. The van der Waals surface area contributed by atoms with E-state index in [2.05, 4.69) is 17.1 Å². The van der Waals surface area contributed by atoms with Gasteiger partial charge in [-0.1, -0.05) is 6.92 Å². The number of aryl methyl sites for hydroxylation is 1. The third kappa shape index (κ3) is 1.93. The van der Waals surface area contributed by atoms with Crippen molar-refractivity contribution in [1.29, 1.82) is 0 Å². The van der Waals surface area contributed by atoms with Gasteiger partial charge in [0.2, 0.25) is 0 Å². The minimum atomic E-state index is -0.951. The van der Waals surface area contributed by atoms with Crippen LogP contribution < -0.4 is 0 Å². The zero-order valence-electron chi connectivity index (χ0n) is 11.0. The van der Waals surface area contributed by atoms with E-state index in [1.807, 2.05) is 13.2 Å². The van der Waals surface area contributed by atoms with Crippen molar-refractivity contribution >= 4 is 5.97 Å². The fourth-order valence-corrected chi connectivity index (χ4v) is 2.69. The SMILES string of the molecule is CC1CCc2c(c(C(=O)O)nn2-c2cnn(C)c2)C1. The molecule has 2 heterocycles. The number of hydrogen-bond donors (Lipinski definition) is 1. The second kappa shape index (κ2) is 4.22. The highest BCUT2D eigenvalue weighted by Gasteiger charge is 2.28. The van der Waals surface area contributed by atoms with Crippen LogP contribution >= 0.6 is 0 Å². The van der Waals surface area contributed by atoms with Crippen molar-refractivity contribution in [1.82, 2.24) is 19.6 Å². The van der Waals surface area contributed by atoms with Crippen LogP contribution in [-0.4, -0.2) is 30.6 Å². The van der Waals surface area contributed by atoms with Gasteiger partial charge >= 0.3 is 5.97 Å². The van der Waals surface area contributed by atoms with Crippen LogP contribution in [0.1, 0.15) is 35.1 Å². The first-order valence-corrected chi connectivity index (χ1v) is 6.39. The second-order valence-electron chi connectivity index (χ2n) is 5.21. The number of fused-ring (bicyclic) bond motifs is 1. The van der Waals surface area contributed by atoms with E-state index >= 15 is 0 Å². The van der Waals surface area contributed by atoms with Gasteiger partial charge in [-0.15, -0.1) is 0 Å². The average molecular weight is 260 g/mol. The first-order valence-electron chi connectivity index (χ1n) is 6.39. The van der Waals surface area contributed by atoms with Gasteiger partial charge in [-0.25, -0.2) is 9.48 Å². The molecule has 0 fully saturated rings. The molecule has 1 aliphatic carbocycles. The molecule has 1 aliphatic rings. The van der Waals surface area contributed by atoms with Gasteiger partial charge in [-0.3, -0.25) is 4.68 Å². The Kier molecular flexibility index (Phi) is 2.66. The molecule has 0 radical (unpaired) electrons. The standard InChI is InChI=1S/C13H16N4O2/c1-8-3-4-11-10(5-8)12(13(18)19)15-17(11)9-6-14-16(2)7-9/h6-8H,3-5H2,1-2H3,(H,18,19). The predicted molar refractivity (Wildman–Crippen MR) is 68.5 cm³/mol. The molecule has 1 N–H and O–H groups in total. The van der Waals surface area contributed by atoms with Crippen molar-refractivity contribution in [3.63, 3.8) is 0 Å². The zero-order chi connectivity index (χ0) is 13.6. The molecular formula is C13H16N4O2. The predicted octanol–water partition coefficient (Wildman–Crippen LogP) is 1.43. The number of aromatic nitrogens is 4. The molecule has 0 aliphatic heterocycles. The number of aromatic carboxylic acids is 1. The summed E-state index contributed by atoms with van der Waals surface area (Å²) in [6.45, 7) is 2.15. The Balaban J connectivity index is 2.16. The Morgan fingerprint density at radius 3 is 2.95 bits per heavy atom. The van der Waals surface area contributed by atoms with Gasteiger partial charge < -0.3 is 5.11 Å². The largest absolute Gasteiger partial charge is 0.476 e. The third-order valence-electron chi connectivity index (χ3n) is 3.65. The third-order valence-corrected chi connectivity index (χ3v) is 3.65. The van der Waals surface area contributed by atoms with Crippen LogP contribution in [-0.2, 0) is 19.9 Å². The second-order valence-corrected chi connectivity index (χ2v) is 5.21. The summed E-state index contributed by atoms with van der Waals surface area (Å²) >= 11 is 0. The summed E-state index contributed by atoms with van der Waals surface area (Å²) in [6.07, 6.45) is 6.27. The van der Waals surface area contributed by atoms with Crippen molar-refractivity contribution in [3.05, 3.63) is 29.3 Å². The number of nitrogens with zero attached hydrogens (tertiary/aromatic N) is 4. The minimum absolute atomic E-state index is 0.186. The molecule has 1 unspecified atom stereocenters. The molecule has 0 bridgehead atoms. The van der Waals surface area contributed by atoms with Crippen molar-refractivity contribution < 1.29 is 9.90 Å². The van der Waals surface area contributed by atoms with Crippen molar-refractivity contribution in [2.24, 2.45) is 13.0 Å². The van der Waals surface area contributed by atoms with Crippen LogP contribution in [0.3, 0.4) is 0 Å². The highest BCUT2D eigenvalue weighted by atomic mass is 16.4. The molecule has 3 rings (SSSR count). The van der Waals surface area contributed by atoms with E-state index in [1.165, 1.54) is 0 Å². The Labute approximate surface area is 110 Å². The maximum absolute atomic E-state index is 11.3. The van der Waals surface area contributed by atoms with Gasteiger partial charge in [-0.05, 0) is 25.2 Å². The van der Waals surface area contributed by atoms with Crippen molar-refractivity contribution in [3.8, 4) is 5.69 Å². The topological polar surface area (TPSA) is 72.9 Å². The number of carbonyl (C=O) groups is 1. The number of carboxylic acids is 1. The van der Waals surface area contributed by atoms with Crippen LogP contribution in [0.4, 0.5) is 0 Å². The van der Waals surface area contributed by atoms with Gasteiger partial charge in [0.1, 0.15) is 5.69 Å². The maximum atomic E-state index is 11.3. The van der Waals surface area contributed by atoms with Crippen LogP contribution in [0.2, 0.25) is 0 Å². The molecule has 0 aromatic carbocycles. The number of hydrogen-bond acceptors (Lipinski definition) is 3. The van der Waals surface area contributed by atoms with E-state index < -0.39 is 5.97 Å².